The topological polar surface area (TPSA) is 54.4 Å². The highest BCUT2D eigenvalue weighted by atomic mass is 35.7. The van der Waals surface area contributed by atoms with Gasteiger partial charge in [-0.1, -0.05) is 11.6 Å². The Morgan fingerprint density at radius 2 is 1.92 bits per heavy atom. The number of aryl methyl sites for hydroxylation is 1. The Kier molecular flexibility index (Phi) is 2.75. The molecular formula is C7H6Cl2O3S. The first-order valence-electron chi connectivity index (χ1n) is 3.26. The number of hydrogen-bond donors (Lipinski definition) is 1. The summed E-state index contributed by atoms with van der Waals surface area (Å²) in [4.78, 5) is -0.362. The predicted octanol–water partition coefficient (Wildman–Crippen LogP) is 2.28. The Morgan fingerprint density at radius 1 is 1.38 bits per heavy atom. The molecule has 6 heteroatoms. The van der Waals surface area contributed by atoms with E-state index in [4.69, 9.17) is 22.3 Å². The van der Waals surface area contributed by atoms with Crippen molar-refractivity contribution in [1.82, 2.24) is 0 Å². The van der Waals surface area contributed by atoms with Crippen LogP contribution in [0.4, 0.5) is 0 Å². The highest BCUT2D eigenvalue weighted by molar-refractivity contribution is 8.13. The van der Waals surface area contributed by atoms with Gasteiger partial charge < -0.3 is 5.11 Å². The summed E-state index contributed by atoms with van der Waals surface area (Å²) in [5.74, 6) is -0.512. The van der Waals surface area contributed by atoms with Gasteiger partial charge in [0.1, 0.15) is 4.90 Å². The van der Waals surface area contributed by atoms with Gasteiger partial charge in [-0.15, -0.1) is 0 Å². The van der Waals surface area contributed by atoms with Gasteiger partial charge in [-0.2, -0.15) is 0 Å². The molecule has 0 unspecified atom stereocenters. The molecule has 1 N–H and O–H groups in total. The lowest BCUT2D eigenvalue weighted by atomic mass is 10.2. The first-order valence-corrected chi connectivity index (χ1v) is 5.95. The van der Waals surface area contributed by atoms with E-state index < -0.39 is 14.8 Å². The molecule has 0 aromatic heterocycles. The molecule has 1 aromatic rings. The average molecular weight is 241 g/mol. The van der Waals surface area contributed by atoms with E-state index in [0.717, 1.165) is 0 Å². The monoisotopic (exact) mass is 240 g/mol. The second-order valence-corrected chi connectivity index (χ2v) is 5.47. The van der Waals surface area contributed by atoms with Crippen molar-refractivity contribution in [1.29, 1.82) is 0 Å². The smallest absolute Gasteiger partial charge is 0.265 e. The minimum absolute atomic E-state index is 0.0285. The summed E-state index contributed by atoms with van der Waals surface area (Å²) in [6, 6.07) is 2.70. The molecule has 0 atom stereocenters. The standard InChI is InChI=1S/C7H6Cl2O3S/c1-4-2-5(8)7(10)6(3-4)13(9,11)12/h2-3,10H,1H3. The Morgan fingerprint density at radius 3 is 2.38 bits per heavy atom. The van der Waals surface area contributed by atoms with Crippen LogP contribution in [0.15, 0.2) is 17.0 Å². The fourth-order valence-corrected chi connectivity index (χ4v) is 2.24. The molecule has 0 bridgehead atoms. The van der Waals surface area contributed by atoms with Crippen LogP contribution >= 0.6 is 22.3 Å². The molecule has 0 fully saturated rings. The molecule has 13 heavy (non-hydrogen) atoms. The lowest BCUT2D eigenvalue weighted by Crippen LogP contribution is -1.92. The summed E-state index contributed by atoms with van der Waals surface area (Å²) in [6.07, 6.45) is 0. The fraction of sp³-hybridized carbons (Fsp3) is 0.143. The Hall–Kier alpha value is -0.450. The molecular weight excluding hydrogens is 235 g/mol. The number of aromatic hydroxyl groups is 1. The lowest BCUT2D eigenvalue weighted by Gasteiger charge is -2.03. The highest BCUT2D eigenvalue weighted by Gasteiger charge is 2.18. The molecule has 0 aliphatic carbocycles. The summed E-state index contributed by atoms with van der Waals surface area (Å²) in [6.45, 7) is 1.65. The molecule has 0 saturated carbocycles. The summed E-state index contributed by atoms with van der Waals surface area (Å²) < 4.78 is 21.8. The van der Waals surface area contributed by atoms with Crippen LogP contribution in [0.25, 0.3) is 0 Å². The fourth-order valence-electron chi connectivity index (χ4n) is 0.889. The van der Waals surface area contributed by atoms with E-state index in [2.05, 4.69) is 0 Å². The van der Waals surface area contributed by atoms with E-state index in [9.17, 15) is 13.5 Å². The minimum atomic E-state index is -3.94. The molecule has 0 amide bonds. The van der Waals surface area contributed by atoms with Crippen LogP contribution in [0.3, 0.4) is 0 Å². The van der Waals surface area contributed by atoms with Crippen LogP contribution in [0.5, 0.6) is 5.75 Å². The van der Waals surface area contributed by atoms with E-state index in [1.807, 2.05) is 0 Å². The number of hydrogen-bond acceptors (Lipinski definition) is 3. The second kappa shape index (κ2) is 3.36. The molecule has 0 aliphatic rings. The van der Waals surface area contributed by atoms with Crippen molar-refractivity contribution in [2.45, 2.75) is 11.8 Å². The van der Waals surface area contributed by atoms with Gasteiger partial charge in [0.2, 0.25) is 0 Å². The van der Waals surface area contributed by atoms with Crippen LogP contribution in [0, 0.1) is 6.92 Å². The van der Waals surface area contributed by atoms with Gasteiger partial charge in [0.15, 0.2) is 5.75 Å². The van der Waals surface area contributed by atoms with Crippen molar-refractivity contribution >= 4 is 31.3 Å². The molecule has 1 rings (SSSR count). The second-order valence-electron chi connectivity index (χ2n) is 2.53. The number of phenols is 1. The van der Waals surface area contributed by atoms with Gasteiger partial charge in [-0.25, -0.2) is 8.42 Å². The lowest BCUT2D eigenvalue weighted by molar-refractivity contribution is 0.459. The quantitative estimate of drug-likeness (QED) is 0.767. The summed E-state index contributed by atoms with van der Waals surface area (Å²) in [5, 5.41) is 9.23. The predicted molar refractivity (Wildman–Crippen MR) is 50.9 cm³/mol. The Labute approximate surface area is 85.3 Å². The van der Waals surface area contributed by atoms with Gasteiger partial charge in [-0.05, 0) is 24.6 Å². The van der Waals surface area contributed by atoms with Crippen molar-refractivity contribution in [3.05, 3.63) is 22.7 Å². The van der Waals surface area contributed by atoms with Crippen LogP contribution in [0.2, 0.25) is 5.02 Å². The third-order valence-corrected chi connectivity index (χ3v) is 3.06. The largest absolute Gasteiger partial charge is 0.505 e. The summed E-state index contributed by atoms with van der Waals surface area (Å²) in [5.41, 5.74) is 0.613. The molecule has 0 saturated heterocycles. The van der Waals surface area contributed by atoms with Gasteiger partial charge in [-0.3, -0.25) is 0 Å². The van der Waals surface area contributed by atoms with E-state index in [0.29, 0.717) is 5.56 Å². The zero-order valence-corrected chi connectivity index (χ0v) is 8.91. The van der Waals surface area contributed by atoms with E-state index in [1.54, 1.807) is 6.92 Å². The first kappa shape index (κ1) is 10.6. The van der Waals surface area contributed by atoms with Crippen molar-refractivity contribution < 1.29 is 13.5 Å². The van der Waals surface area contributed by atoms with Gasteiger partial charge in [0.25, 0.3) is 9.05 Å². The number of benzene rings is 1. The Balaban J connectivity index is 3.56. The average Bonchev–Trinajstić information content (AvgIpc) is 1.94. The zero-order chi connectivity index (χ0) is 10.2. The van der Waals surface area contributed by atoms with Crippen molar-refractivity contribution in [3.63, 3.8) is 0 Å². The zero-order valence-electron chi connectivity index (χ0n) is 6.58. The van der Waals surface area contributed by atoms with Gasteiger partial charge in [0.05, 0.1) is 5.02 Å². The van der Waals surface area contributed by atoms with Crippen molar-refractivity contribution in [2.24, 2.45) is 0 Å². The molecule has 3 nitrogen and oxygen atoms in total. The number of phenolic OH excluding ortho intramolecular Hbond substituents is 1. The van der Waals surface area contributed by atoms with E-state index >= 15 is 0 Å². The maximum atomic E-state index is 10.9. The SMILES string of the molecule is Cc1cc(Cl)c(O)c(S(=O)(=O)Cl)c1. The van der Waals surface area contributed by atoms with E-state index in [-0.39, 0.29) is 9.92 Å². The van der Waals surface area contributed by atoms with Gasteiger partial charge in [0, 0.05) is 10.7 Å². The summed E-state index contributed by atoms with van der Waals surface area (Å²) >= 11 is 5.55. The third kappa shape index (κ3) is 2.27. The number of rotatable bonds is 1. The van der Waals surface area contributed by atoms with E-state index in [1.165, 1.54) is 12.1 Å². The molecule has 1 aromatic carbocycles. The number of halogens is 2. The molecule has 0 radical (unpaired) electrons. The van der Waals surface area contributed by atoms with Crippen LogP contribution in [-0.2, 0) is 9.05 Å². The van der Waals surface area contributed by atoms with Gasteiger partial charge >= 0.3 is 0 Å². The summed E-state index contributed by atoms with van der Waals surface area (Å²) in [7, 11) is 1.12. The highest BCUT2D eigenvalue weighted by Crippen LogP contribution is 2.33. The maximum absolute atomic E-state index is 10.9. The van der Waals surface area contributed by atoms with Crippen LogP contribution in [0.1, 0.15) is 5.56 Å². The normalized spacial score (nSPS) is 11.6. The first-order chi connectivity index (χ1) is 5.82. The van der Waals surface area contributed by atoms with Crippen molar-refractivity contribution in [3.8, 4) is 5.75 Å². The van der Waals surface area contributed by atoms with Crippen molar-refractivity contribution in [2.75, 3.05) is 0 Å². The molecule has 0 heterocycles. The van der Waals surface area contributed by atoms with Crippen LogP contribution in [-0.4, -0.2) is 13.5 Å². The van der Waals surface area contributed by atoms with Crippen LogP contribution < -0.4 is 0 Å². The maximum Gasteiger partial charge on any atom is 0.265 e. The molecule has 0 spiro atoms. The Bertz CT molecular complexity index is 439. The molecule has 0 aliphatic heterocycles. The minimum Gasteiger partial charge on any atom is -0.505 e. The third-order valence-electron chi connectivity index (χ3n) is 1.44. The molecule has 72 valence electrons.